The molecule has 4 aromatic rings. The molecule has 0 aliphatic carbocycles. The van der Waals surface area contributed by atoms with Gasteiger partial charge < -0.3 is 15.4 Å². The van der Waals surface area contributed by atoms with Crippen molar-refractivity contribution in [1.29, 1.82) is 0 Å². The van der Waals surface area contributed by atoms with E-state index in [0.29, 0.717) is 13.0 Å². The summed E-state index contributed by atoms with van der Waals surface area (Å²) in [6.07, 6.45) is 2.59. The third-order valence-corrected chi connectivity index (χ3v) is 8.11. The summed E-state index contributed by atoms with van der Waals surface area (Å²) in [5.74, 6) is 1.38. The first-order valence-corrected chi connectivity index (χ1v) is 14.6. The number of hydrogen-bond acceptors (Lipinski definition) is 4. The van der Waals surface area contributed by atoms with Gasteiger partial charge in [-0.25, -0.2) is 0 Å². The van der Waals surface area contributed by atoms with Gasteiger partial charge in [-0.3, -0.25) is 9.59 Å². The van der Waals surface area contributed by atoms with Gasteiger partial charge in [0.15, 0.2) is 0 Å². The number of rotatable bonds is 3. The molecule has 200 valence electrons. The molecule has 6 heteroatoms. The predicted octanol–water partition coefficient (Wildman–Crippen LogP) is 6.39. The molecule has 4 aromatic carbocycles. The minimum absolute atomic E-state index is 0.148. The summed E-state index contributed by atoms with van der Waals surface area (Å²) in [5.41, 5.74) is 3.27. The number of fused-ring (bicyclic) bond motifs is 5. The van der Waals surface area contributed by atoms with Gasteiger partial charge in [0.2, 0.25) is 11.8 Å². The fourth-order valence-corrected chi connectivity index (χ4v) is 6.04. The molecule has 2 bridgehead atoms. The highest BCUT2D eigenvalue weighted by Crippen LogP contribution is 2.33. The lowest BCUT2D eigenvalue weighted by molar-refractivity contribution is -0.129. The van der Waals surface area contributed by atoms with Crippen LogP contribution in [0.2, 0.25) is 0 Å². The van der Waals surface area contributed by atoms with E-state index in [1.807, 2.05) is 73.3 Å². The summed E-state index contributed by atoms with van der Waals surface area (Å²) in [6.45, 7) is 2.26. The number of hydrogen-bond donors (Lipinski definition) is 2. The molecule has 1 aliphatic heterocycles. The number of amides is 2. The van der Waals surface area contributed by atoms with E-state index in [-0.39, 0.29) is 24.3 Å². The molecule has 2 amide bonds. The molecule has 0 fully saturated rings. The lowest BCUT2D eigenvalue weighted by Crippen LogP contribution is -2.50. The highest BCUT2D eigenvalue weighted by atomic mass is 32.2. The smallest absolute Gasteiger partial charge is 0.242 e. The van der Waals surface area contributed by atoms with Crippen LogP contribution in [0.5, 0.6) is 5.75 Å². The Kier molecular flexibility index (Phi) is 8.84. The normalized spacial score (nSPS) is 18.4. The Balaban J connectivity index is 1.30. The van der Waals surface area contributed by atoms with Gasteiger partial charge in [-0.05, 0) is 71.2 Å². The minimum Gasteiger partial charge on any atom is -0.491 e. The Labute approximate surface area is 234 Å². The van der Waals surface area contributed by atoms with Crippen LogP contribution in [-0.2, 0) is 16.0 Å². The van der Waals surface area contributed by atoms with E-state index < -0.39 is 6.04 Å². The SMILES string of the molecule is C[C@@H]1COc2cccc(c2)-c2ccccc2SCCCC[C@H](NC(=O)Cc2cccc3ccccc23)C(=O)N1. The Hall–Kier alpha value is -3.77. The van der Waals surface area contributed by atoms with Crippen molar-refractivity contribution in [2.75, 3.05) is 12.4 Å². The Bertz CT molecular complexity index is 1450. The first-order valence-electron chi connectivity index (χ1n) is 13.6. The average molecular weight is 539 g/mol. The van der Waals surface area contributed by atoms with Crippen molar-refractivity contribution in [1.82, 2.24) is 10.6 Å². The van der Waals surface area contributed by atoms with Crippen molar-refractivity contribution in [3.63, 3.8) is 0 Å². The van der Waals surface area contributed by atoms with E-state index in [2.05, 4.69) is 47.0 Å². The number of carbonyl (C=O) groups excluding carboxylic acids is 2. The van der Waals surface area contributed by atoms with Gasteiger partial charge in [0.1, 0.15) is 18.4 Å². The largest absolute Gasteiger partial charge is 0.491 e. The Morgan fingerprint density at radius 2 is 1.77 bits per heavy atom. The van der Waals surface area contributed by atoms with E-state index in [4.69, 9.17) is 4.74 Å². The highest BCUT2D eigenvalue weighted by molar-refractivity contribution is 7.99. The first kappa shape index (κ1) is 26.8. The lowest BCUT2D eigenvalue weighted by Gasteiger charge is -2.22. The van der Waals surface area contributed by atoms with Crippen molar-refractivity contribution >= 4 is 34.3 Å². The van der Waals surface area contributed by atoms with Crippen LogP contribution in [0, 0.1) is 0 Å². The maximum atomic E-state index is 13.3. The van der Waals surface area contributed by atoms with Crippen LogP contribution >= 0.6 is 11.8 Å². The van der Waals surface area contributed by atoms with Crippen molar-refractivity contribution in [3.05, 3.63) is 96.6 Å². The fraction of sp³-hybridized carbons (Fsp3) is 0.273. The fourth-order valence-electron chi connectivity index (χ4n) is 4.96. The van der Waals surface area contributed by atoms with E-state index in [1.54, 1.807) is 0 Å². The summed E-state index contributed by atoms with van der Waals surface area (Å²) in [7, 11) is 0. The van der Waals surface area contributed by atoms with E-state index >= 15 is 0 Å². The van der Waals surface area contributed by atoms with Gasteiger partial charge >= 0.3 is 0 Å². The molecule has 0 radical (unpaired) electrons. The third-order valence-electron chi connectivity index (χ3n) is 6.95. The number of nitrogens with one attached hydrogen (secondary N) is 2. The van der Waals surface area contributed by atoms with Gasteiger partial charge in [-0.15, -0.1) is 11.8 Å². The second-order valence-electron chi connectivity index (χ2n) is 10.0. The summed E-state index contributed by atoms with van der Waals surface area (Å²) in [4.78, 5) is 27.6. The van der Waals surface area contributed by atoms with Crippen molar-refractivity contribution in [2.24, 2.45) is 0 Å². The average Bonchev–Trinajstić information content (AvgIpc) is 2.95. The second kappa shape index (κ2) is 12.9. The molecule has 0 spiro atoms. The molecule has 1 heterocycles. The van der Waals surface area contributed by atoms with E-state index in [0.717, 1.165) is 46.2 Å². The Morgan fingerprint density at radius 3 is 2.69 bits per heavy atom. The number of thioether (sulfide) groups is 1. The molecule has 2 atom stereocenters. The van der Waals surface area contributed by atoms with E-state index in [9.17, 15) is 9.59 Å². The molecular weight excluding hydrogens is 504 g/mol. The van der Waals surface area contributed by atoms with E-state index in [1.165, 1.54) is 10.5 Å². The zero-order chi connectivity index (χ0) is 27.0. The van der Waals surface area contributed by atoms with Crippen LogP contribution in [0.1, 0.15) is 31.7 Å². The molecular formula is C33H34N2O3S. The molecule has 39 heavy (non-hydrogen) atoms. The van der Waals surface area contributed by atoms with Gasteiger partial charge in [0.05, 0.1) is 12.5 Å². The summed E-state index contributed by atoms with van der Waals surface area (Å²) < 4.78 is 6.05. The third kappa shape index (κ3) is 7.01. The zero-order valence-corrected chi connectivity index (χ0v) is 23.0. The summed E-state index contributed by atoms with van der Waals surface area (Å²) >= 11 is 1.82. The molecule has 0 saturated carbocycles. The molecule has 0 saturated heterocycles. The highest BCUT2D eigenvalue weighted by Gasteiger charge is 2.23. The van der Waals surface area contributed by atoms with Gasteiger partial charge in [0, 0.05) is 4.90 Å². The minimum atomic E-state index is -0.594. The maximum absolute atomic E-state index is 13.3. The van der Waals surface area contributed by atoms with Crippen LogP contribution in [0.15, 0.2) is 95.9 Å². The molecule has 5 nitrogen and oxygen atoms in total. The molecule has 2 N–H and O–H groups in total. The van der Waals surface area contributed by atoms with Crippen LogP contribution in [-0.4, -0.2) is 36.3 Å². The molecule has 0 unspecified atom stereocenters. The van der Waals surface area contributed by atoms with Gasteiger partial charge in [0.25, 0.3) is 0 Å². The van der Waals surface area contributed by atoms with Crippen LogP contribution in [0.4, 0.5) is 0 Å². The van der Waals surface area contributed by atoms with Crippen LogP contribution < -0.4 is 15.4 Å². The Morgan fingerprint density at radius 1 is 0.974 bits per heavy atom. The zero-order valence-electron chi connectivity index (χ0n) is 22.2. The quantitative estimate of drug-likeness (QED) is 0.317. The molecule has 5 rings (SSSR count). The van der Waals surface area contributed by atoms with Crippen molar-refractivity contribution < 1.29 is 14.3 Å². The lowest BCUT2D eigenvalue weighted by atomic mass is 10.0. The predicted molar refractivity (Wildman–Crippen MR) is 159 cm³/mol. The second-order valence-corrected chi connectivity index (χ2v) is 11.2. The van der Waals surface area contributed by atoms with Crippen LogP contribution in [0.25, 0.3) is 21.9 Å². The van der Waals surface area contributed by atoms with Crippen LogP contribution in [0.3, 0.4) is 0 Å². The molecule has 1 aliphatic rings. The van der Waals surface area contributed by atoms with Gasteiger partial charge in [-0.1, -0.05) is 79.2 Å². The standard InChI is InChI=1S/C33H34N2O3S/c1-23-22-38-27-14-9-13-25(20-27)29-16-4-5-18-31(29)39-19-7-6-17-30(33(37)34-23)35-32(36)21-26-12-8-11-24-10-2-3-15-28(24)26/h2-5,8-16,18,20,23,30H,6-7,17,19,21-22H2,1H3,(H,34,37)(H,35,36)/t23-,30+/m1/s1. The number of benzene rings is 4. The number of carbonyl (C=O) groups is 2. The summed E-state index contributed by atoms with van der Waals surface area (Å²) in [6, 6.07) is 29.8. The van der Waals surface area contributed by atoms with Gasteiger partial charge in [-0.2, -0.15) is 0 Å². The first-order chi connectivity index (χ1) is 19.1. The maximum Gasteiger partial charge on any atom is 0.242 e. The monoisotopic (exact) mass is 538 g/mol. The van der Waals surface area contributed by atoms with Crippen molar-refractivity contribution in [2.45, 2.75) is 49.6 Å². The number of ether oxygens (including phenoxy) is 1. The van der Waals surface area contributed by atoms with Crippen molar-refractivity contribution in [3.8, 4) is 16.9 Å². The topological polar surface area (TPSA) is 67.4 Å². The summed E-state index contributed by atoms with van der Waals surface area (Å²) in [5, 5.41) is 8.24. The molecule has 0 aromatic heterocycles.